The van der Waals surface area contributed by atoms with Crippen molar-refractivity contribution >= 4 is 0 Å². The molecule has 2 fully saturated rings. The maximum atomic E-state index is 12.9. The van der Waals surface area contributed by atoms with Crippen LogP contribution in [0.4, 0.5) is 8.78 Å². The lowest BCUT2D eigenvalue weighted by molar-refractivity contribution is 0.0699. The Hall–Kier alpha value is -1.00. The number of fused-ring (bicyclic) bond motifs is 1. The number of nitrogens with two attached hydrogens (primary N) is 1. The molecule has 1 saturated carbocycles. The van der Waals surface area contributed by atoms with Crippen LogP contribution in [0.1, 0.15) is 55.7 Å². The minimum Gasteiger partial charge on any atom is -0.329 e. The molecule has 0 bridgehead atoms. The van der Waals surface area contributed by atoms with Gasteiger partial charge in [0.1, 0.15) is 0 Å². The molecule has 0 amide bonds. The lowest BCUT2D eigenvalue weighted by Crippen LogP contribution is -2.46. The number of alkyl halides is 2. The Morgan fingerprint density at radius 2 is 1.90 bits per heavy atom. The summed E-state index contributed by atoms with van der Waals surface area (Å²) < 4.78 is 25.9. The summed E-state index contributed by atoms with van der Waals surface area (Å²) in [5, 5.41) is 0. The zero-order valence-corrected chi connectivity index (χ0v) is 12.3. The number of hydrogen-bond acceptors (Lipinski definition) is 2. The standard InChI is InChI=1S/C17H24F2N2/c18-17(19)14-6-1-5-13(10-14)16(11-20)21-9-3-7-12-4-2-8-15(12)21/h1,5-6,10,12,15-17H,2-4,7-9,11,20H2. The third-order valence-electron chi connectivity index (χ3n) is 5.21. The highest BCUT2D eigenvalue weighted by Gasteiger charge is 2.38. The Bertz CT molecular complexity index is 478. The monoisotopic (exact) mass is 294 g/mol. The fraction of sp³-hybridized carbons (Fsp3) is 0.647. The van der Waals surface area contributed by atoms with Crippen LogP contribution in [-0.2, 0) is 0 Å². The Morgan fingerprint density at radius 1 is 1.14 bits per heavy atom. The van der Waals surface area contributed by atoms with Gasteiger partial charge in [-0.1, -0.05) is 24.6 Å². The van der Waals surface area contributed by atoms with Gasteiger partial charge in [0.2, 0.25) is 0 Å². The van der Waals surface area contributed by atoms with E-state index in [9.17, 15) is 8.78 Å². The lowest BCUT2D eigenvalue weighted by Gasteiger charge is -2.42. The molecule has 3 atom stereocenters. The Balaban J connectivity index is 1.85. The second-order valence-electron chi connectivity index (χ2n) is 6.36. The quantitative estimate of drug-likeness (QED) is 0.913. The number of benzene rings is 1. The van der Waals surface area contributed by atoms with Crippen LogP contribution in [0.2, 0.25) is 0 Å². The molecule has 116 valence electrons. The molecule has 1 aliphatic carbocycles. The van der Waals surface area contributed by atoms with E-state index in [-0.39, 0.29) is 11.6 Å². The van der Waals surface area contributed by atoms with Crippen LogP contribution < -0.4 is 5.73 Å². The fourth-order valence-electron chi connectivity index (χ4n) is 4.24. The summed E-state index contributed by atoms with van der Waals surface area (Å²) in [7, 11) is 0. The Morgan fingerprint density at radius 3 is 2.67 bits per heavy atom. The predicted octanol–water partition coefficient (Wildman–Crippen LogP) is 3.89. The molecular weight excluding hydrogens is 270 g/mol. The van der Waals surface area contributed by atoms with Gasteiger partial charge >= 0.3 is 0 Å². The number of hydrogen-bond donors (Lipinski definition) is 1. The van der Waals surface area contributed by atoms with Gasteiger partial charge in [-0.2, -0.15) is 0 Å². The van der Waals surface area contributed by atoms with Crippen LogP contribution in [0.3, 0.4) is 0 Å². The van der Waals surface area contributed by atoms with Gasteiger partial charge in [-0.05, 0) is 49.8 Å². The van der Waals surface area contributed by atoms with Crippen LogP contribution in [0.5, 0.6) is 0 Å². The maximum Gasteiger partial charge on any atom is 0.263 e. The molecule has 3 rings (SSSR count). The van der Waals surface area contributed by atoms with Gasteiger partial charge in [-0.3, -0.25) is 4.90 Å². The van der Waals surface area contributed by atoms with Gasteiger partial charge in [0.05, 0.1) is 0 Å². The molecule has 2 aliphatic rings. The summed E-state index contributed by atoms with van der Waals surface area (Å²) in [6.45, 7) is 1.54. The van der Waals surface area contributed by atoms with Crippen molar-refractivity contribution in [3.05, 3.63) is 35.4 Å². The van der Waals surface area contributed by atoms with Crippen molar-refractivity contribution in [3.63, 3.8) is 0 Å². The van der Waals surface area contributed by atoms with E-state index in [1.807, 2.05) is 6.07 Å². The minimum absolute atomic E-state index is 0.0783. The third kappa shape index (κ3) is 2.97. The first kappa shape index (κ1) is 14.9. The van der Waals surface area contributed by atoms with Crippen LogP contribution >= 0.6 is 0 Å². The third-order valence-corrected chi connectivity index (χ3v) is 5.21. The molecule has 4 heteroatoms. The van der Waals surface area contributed by atoms with E-state index in [1.165, 1.54) is 38.2 Å². The van der Waals surface area contributed by atoms with Crippen molar-refractivity contribution in [3.8, 4) is 0 Å². The van der Waals surface area contributed by atoms with Crippen molar-refractivity contribution in [2.75, 3.05) is 13.1 Å². The van der Waals surface area contributed by atoms with Crippen molar-refractivity contribution in [2.24, 2.45) is 11.7 Å². The number of likely N-dealkylation sites (tertiary alicyclic amines) is 1. The topological polar surface area (TPSA) is 29.3 Å². The smallest absolute Gasteiger partial charge is 0.263 e. The summed E-state index contributed by atoms with van der Waals surface area (Å²) in [4.78, 5) is 2.49. The van der Waals surface area contributed by atoms with Crippen LogP contribution in [0.15, 0.2) is 24.3 Å². The highest BCUT2D eigenvalue weighted by Crippen LogP contribution is 2.40. The molecule has 2 N–H and O–H groups in total. The van der Waals surface area contributed by atoms with E-state index >= 15 is 0 Å². The molecule has 1 aromatic carbocycles. The van der Waals surface area contributed by atoms with Crippen molar-refractivity contribution in [1.82, 2.24) is 4.90 Å². The van der Waals surface area contributed by atoms with Crippen LogP contribution in [-0.4, -0.2) is 24.0 Å². The first-order valence-corrected chi connectivity index (χ1v) is 8.04. The molecule has 0 radical (unpaired) electrons. The zero-order valence-electron chi connectivity index (χ0n) is 12.3. The molecule has 3 unspecified atom stereocenters. The number of nitrogens with zero attached hydrogens (tertiary/aromatic N) is 1. The average Bonchev–Trinajstić information content (AvgIpc) is 2.97. The van der Waals surface area contributed by atoms with Crippen molar-refractivity contribution in [1.29, 1.82) is 0 Å². The first-order valence-electron chi connectivity index (χ1n) is 8.04. The SMILES string of the molecule is NCC(c1cccc(C(F)F)c1)N1CCCC2CCCC21. The summed E-state index contributed by atoms with van der Waals surface area (Å²) in [5.74, 6) is 0.783. The first-order chi connectivity index (χ1) is 10.2. The second kappa shape index (κ2) is 6.41. The van der Waals surface area contributed by atoms with E-state index < -0.39 is 6.43 Å². The lowest BCUT2D eigenvalue weighted by atomic mass is 9.89. The largest absolute Gasteiger partial charge is 0.329 e. The second-order valence-corrected chi connectivity index (χ2v) is 6.36. The molecule has 21 heavy (non-hydrogen) atoms. The zero-order chi connectivity index (χ0) is 14.8. The number of piperidine rings is 1. The maximum absolute atomic E-state index is 12.9. The Kier molecular flexibility index (Phi) is 4.55. The molecule has 1 aromatic rings. The molecule has 0 aromatic heterocycles. The van der Waals surface area contributed by atoms with Crippen LogP contribution in [0, 0.1) is 5.92 Å². The van der Waals surface area contributed by atoms with E-state index in [0.717, 1.165) is 18.0 Å². The molecule has 0 spiro atoms. The average molecular weight is 294 g/mol. The van der Waals surface area contributed by atoms with Gasteiger partial charge in [-0.25, -0.2) is 8.78 Å². The van der Waals surface area contributed by atoms with Gasteiger partial charge in [-0.15, -0.1) is 0 Å². The molecule has 2 nitrogen and oxygen atoms in total. The summed E-state index contributed by atoms with van der Waals surface area (Å²) in [6.07, 6.45) is 3.94. The normalized spacial score (nSPS) is 27.8. The summed E-state index contributed by atoms with van der Waals surface area (Å²) in [5.41, 5.74) is 7.07. The predicted molar refractivity (Wildman–Crippen MR) is 80.3 cm³/mol. The van der Waals surface area contributed by atoms with Crippen molar-refractivity contribution < 1.29 is 8.78 Å². The van der Waals surface area contributed by atoms with E-state index in [2.05, 4.69) is 4.90 Å². The number of rotatable bonds is 4. The Labute approximate surface area is 125 Å². The van der Waals surface area contributed by atoms with Crippen LogP contribution in [0.25, 0.3) is 0 Å². The highest BCUT2D eigenvalue weighted by molar-refractivity contribution is 5.27. The summed E-state index contributed by atoms with van der Waals surface area (Å²) in [6, 6.07) is 7.49. The molecular formula is C17H24F2N2. The molecule has 1 saturated heterocycles. The molecule has 1 aliphatic heterocycles. The molecule has 1 heterocycles. The van der Waals surface area contributed by atoms with Gasteiger partial charge in [0.25, 0.3) is 6.43 Å². The van der Waals surface area contributed by atoms with Gasteiger partial charge in [0.15, 0.2) is 0 Å². The van der Waals surface area contributed by atoms with E-state index in [0.29, 0.717) is 12.6 Å². The fourth-order valence-corrected chi connectivity index (χ4v) is 4.24. The number of halogens is 2. The highest BCUT2D eigenvalue weighted by atomic mass is 19.3. The van der Waals surface area contributed by atoms with E-state index in [1.54, 1.807) is 12.1 Å². The van der Waals surface area contributed by atoms with Crippen molar-refractivity contribution in [2.45, 2.75) is 50.6 Å². The van der Waals surface area contributed by atoms with Gasteiger partial charge < -0.3 is 5.73 Å². The summed E-state index contributed by atoms with van der Waals surface area (Å²) >= 11 is 0. The minimum atomic E-state index is -2.41. The van der Waals surface area contributed by atoms with E-state index in [4.69, 9.17) is 5.73 Å². The van der Waals surface area contributed by atoms with Gasteiger partial charge in [0, 0.05) is 24.2 Å².